The molecular weight excluding hydrogens is 260 g/mol. The number of carbonyl (C=O) groups is 1. The van der Waals surface area contributed by atoms with Crippen LogP contribution in [0.15, 0.2) is 0 Å². The van der Waals surface area contributed by atoms with Gasteiger partial charge in [-0.1, -0.05) is 20.8 Å². The van der Waals surface area contributed by atoms with Crippen LogP contribution >= 0.6 is 11.3 Å². The molecule has 19 heavy (non-hydrogen) atoms. The van der Waals surface area contributed by atoms with Crippen LogP contribution in [-0.2, 0) is 18.4 Å². The highest BCUT2D eigenvalue weighted by Gasteiger charge is 2.25. The van der Waals surface area contributed by atoms with Crippen LogP contribution in [-0.4, -0.2) is 35.5 Å². The Balaban J connectivity index is 1.96. The molecule has 5 nitrogen and oxygen atoms in total. The van der Waals surface area contributed by atoms with Crippen LogP contribution in [0.2, 0.25) is 0 Å². The van der Waals surface area contributed by atoms with Crippen molar-refractivity contribution in [1.82, 2.24) is 15.2 Å². The Bertz CT molecular complexity index is 464. The summed E-state index contributed by atoms with van der Waals surface area (Å²) in [6.07, 6.45) is 0.998. The summed E-state index contributed by atoms with van der Waals surface area (Å²) in [6, 6.07) is -0.453. The number of hydrogen-bond acceptors (Lipinski definition) is 4. The number of nitrogens with two attached hydrogens (primary N) is 1. The van der Waals surface area contributed by atoms with E-state index in [4.69, 9.17) is 10.7 Å². The zero-order valence-corrected chi connectivity index (χ0v) is 12.6. The molecule has 0 saturated carbocycles. The van der Waals surface area contributed by atoms with Gasteiger partial charge in [0, 0.05) is 42.9 Å². The summed E-state index contributed by atoms with van der Waals surface area (Å²) < 4.78 is 0. The maximum Gasteiger partial charge on any atom is 0.312 e. The molecule has 3 N–H and O–H groups in total. The second-order valence-corrected chi connectivity index (χ2v) is 7.04. The molecule has 1 aromatic heterocycles. The maximum absolute atomic E-state index is 10.6. The number of nitrogens with one attached hydrogen (secondary N) is 1. The number of amides is 2. The van der Waals surface area contributed by atoms with Crippen molar-refractivity contribution < 1.29 is 4.79 Å². The highest BCUT2D eigenvalue weighted by Crippen LogP contribution is 2.32. The lowest BCUT2D eigenvalue weighted by atomic mass is 9.98. The number of rotatable bonds is 3. The number of aromatic nitrogens is 1. The summed E-state index contributed by atoms with van der Waals surface area (Å²) in [5.41, 5.74) is 6.44. The highest BCUT2D eigenvalue weighted by atomic mass is 32.1. The Labute approximate surface area is 118 Å². The third kappa shape index (κ3) is 3.67. The lowest BCUT2D eigenvalue weighted by molar-refractivity contribution is 0.237. The van der Waals surface area contributed by atoms with Crippen molar-refractivity contribution in [3.63, 3.8) is 0 Å². The summed E-state index contributed by atoms with van der Waals surface area (Å²) in [5, 5.41) is 3.85. The van der Waals surface area contributed by atoms with E-state index in [-0.39, 0.29) is 5.41 Å². The first-order chi connectivity index (χ1) is 8.86. The number of primary amides is 1. The largest absolute Gasteiger partial charge is 0.352 e. The van der Waals surface area contributed by atoms with E-state index in [2.05, 4.69) is 31.0 Å². The lowest BCUT2D eigenvalue weighted by Crippen LogP contribution is -2.39. The molecule has 0 atom stereocenters. The fourth-order valence-corrected chi connectivity index (χ4v) is 3.31. The topological polar surface area (TPSA) is 71.2 Å². The summed E-state index contributed by atoms with van der Waals surface area (Å²) in [4.78, 5) is 19.1. The van der Waals surface area contributed by atoms with E-state index in [0.29, 0.717) is 6.54 Å². The summed E-state index contributed by atoms with van der Waals surface area (Å²) >= 11 is 1.82. The van der Waals surface area contributed by atoms with Gasteiger partial charge in [0.15, 0.2) is 0 Å². The molecule has 0 radical (unpaired) electrons. The minimum Gasteiger partial charge on any atom is -0.352 e. The van der Waals surface area contributed by atoms with Crippen molar-refractivity contribution in [1.29, 1.82) is 0 Å². The Morgan fingerprint density at radius 1 is 1.53 bits per heavy atom. The van der Waals surface area contributed by atoms with Crippen LogP contribution in [0.25, 0.3) is 0 Å². The Morgan fingerprint density at radius 2 is 2.26 bits per heavy atom. The molecule has 0 fully saturated rings. The fraction of sp³-hybridized carbons (Fsp3) is 0.692. The molecular formula is C13H22N4OS. The van der Waals surface area contributed by atoms with E-state index in [0.717, 1.165) is 26.1 Å². The molecule has 2 rings (SSSR count). The molecule has 0 unspecified atom stereocenters. The SMILES string of the molecule is CC(C)(C)c1nc2c(s1)CN(CCNC(N)=O)CC2. The van der Waals surface area contributed by atoms with E-state index in [1.54, 1.807) is 0 Å². The van der Waals surface area contributed by atoms with Gasteiger partial charge in [0.25, 0.3) is 0 Å². The molecule has 0 spiro atoms. The van der Waals surface area contributed by atoms with Crippen molar-refractivity contribution in [3.05, 3.63) is 15.6 Å². The zero-order chi connectivity index (χ0) is 14.0. The molecule has 1 aliphatic rings. The third-order valence-electron chi connectivity index (χ3n) is 3.18. The fourth-order valence-electron chi connectivity index (χ4n) is 2.10. The van der Waals surface area contributed by atoms with Crippen LogP contribution in [0.5, 0.6) is 0 Å². The normalized spacial score (nSPS) is 16.2. The molecule has 106 valence electrons. The van der Waals surface area contributed by atoms with Gasteiger partial charge in [-0.25, -0.2) is 9.78 Å². The number of thiazole rings is 1. The first kappa shape index (κ1) is 14.3. The molecule has 6 heteroatoms. The minimum absolute atomic E-state index is 0.125. The molecule has 2 heterocycles. The highest BCUT2D eigenvalue weighted by molar-refractivity contribution is 7.11. The van der Waals surface area contributed by atoms with Gasteiger partial charge in [-0.15, -0.1) is 11.3 Å². The average molecular weight is 282 g/mol. The summed E-state index contributed by atoms with van der Waals surface area (Å²) in [5.74, 6) is 0. The molecule has 2 amide bonds. The second kappa shape index (κ2) is 5.46. The molecule has 0 aliphatic carbocycles. The standard InChI is InChI=1S/C13H22N4OS/c1-13(2,3)11-16-9-4-6-17(8-10(9)19-11)7-5-15-12(14)18/h4-8H2,1-3H3,(H3,14,15,18). The second-order valence-electron chi connectivity index (χ2n) is 5.96. The van der Waals surface area contributed by atoms with Crippen molar-refractivity contribution in [3.8, 4) is 0 Å². The number of nitrogens with zero attached hydrogens (tertiary/aromatic N) is 2. The van der Waals surface area contributed by atoms with E-state index in [1.807, 2.05) is 11.3 Å². The number of fused-ring (bicyclic) bond motifs is 1. The average Bonchev–Trinajstić information content (AvgIpc) is 2.71. The predicted molar refractivity (Wildman–Crippen MR) is 77.4 cm³/mol. The van der Waals surface area contributed by atoms with Crippen LogP contribution in [0.3, 0.4) is 0 Å². The smallest absolute Gasteiger partial charge is 0.312 e. The number of urea groups is 1. The van der Waals surface area contributed by atoms with Gasteiger partial charge in [0.2, 0.25) is 0 Å². The van der Waals surface area contributed by atoms with Gasteiger partial charge in [0.1, 0.15) is 0 Å². The van der Waals surface area contributed by atoms with Crippen molar-refractivity contribution in [2.24, 2.45) is 5.73 Å². The predicted octanol–water partition coefficient (Wildman–Crippen LogP) is 1.47. The number of hydrogen-bond donors (Lipinski definition) is 2. The van der Waals surface area contributed by atoms with Crippen molar-refractivity contribution in [2.45, 2.75) is 39.2 Å². The maximum atomic E-state index is 10.6. The number of carbonyl (C=O) groups excluding carboxylic acids is 1. The van der Waals surface area contributed by atoms with Crippen LogP contribution in [0.1, 0.15) is 36.3 Å². The first-order valence-corrected chi connectivity index (χ1v) is 7.42. The zero-order valence-electron chi connectivity index (χ0n) is 11.8. The van der Waals surface area contributed by atoms with Gasteiger partial charge < -0.3 is 11.1 Å². The molecule has 1 aromatic rings. The van der Waals surface area contributed by atoms with Gasteiger partial charge in [0.05, 0.1) is 10.7 Å². The Kier molecular flexibility index (Phi) is 4.10. The summed E-state index contributed by atoms with van der Waals surface area (Å²) in [7, 11) is 0. The van der Waals surface area contributed by atoms with Crippen molar-refractivity contribution in [2.75, 3.05) is 19.6 Å². The van der Waals surface area contributed by atoms with Crippen LogP contribution in [0, 0.1) is 0 Å². The van der Waals surface area contributed by atoms with E-state index >= 15 is 0 Å². The van der Waals surface area contributed by atoms with E-state index < -0.39 is 6.03 Å². The molecule has 1 aliphatic heterocycles. The first-order valence-electron chi connectivity index (χ1n) is 6.61. The summed E-state index contributed by atoms with van der Waals surface area (Å²) in [6.45, 7) is 9.98. The van der Waals surface area contributed by atoms with Crippen LogP contribution in [0.4, 0.5) is 4.79 Å². The van der Waals surface area contributed by atoms with Gasteiger partial charge in [-0.2, -0.15) is 0 Å². The minimum atomic E-state index is -0.453. The van der Waals surface area contributed by atoms with E-state index in [9.17, 15) is 4.79 Å². The molecule has 0 aromatic carbocycles. The monoisotopic (exact) mass is 282 g/mol. The Hall–Kier alpha value is -1.14. The van der Waals surface area contributed by atoms with Crippen molar-refractivity contribution >= 4 is 17.4 Å². The molecule has 0 bridgehead atoms. The van der Waals surface area contributed by atoms with Gasteiger partial charge in [-0.3, -0.25) is 4.90 Å². The van der Waals surface area contributed by atoms with Gasteiger partial charge >= 0.3 is 6.03 Å². The Morgan fingerprint density at radius 3 is 2.89 bits per heavy atom. The van der Waals surface area contributed by atoms with Gasteiger partial charge in [-0.05, 0) is 0 Å². The quantitative estimate of drug-likeness (QED) is 0.882. The van der Waals surface area contributed by atoms with E-state index in [1.165, 1.54) is 15.6 Å². The van der Waals surface area contributed by atoms with Crippen LogP contribution < -0.4 is 11.1 Å². The lowest BCUT2D eigenvalue weighted by Gasteiger charge is -2.25. The molecule has 0 saturated heterocycles. The third-order valence-corrected chi connectivity index (χ3v) is 4.69.